The largest absolute Gasteiger partial charge is 0.394 e. The lowest BCUT2D eigenvalue weighted by atomic mass is 9.93. The van der Waals surface area contributed by atoms with Gasteiger partial charge in [-0.25, -0.2) is 0 Å². The Hall–Kier alpha value is -1.30. The van der Waals surface area contributed by atoms with Crippen molar-refractivity contribution in [3.05, 3.63) is 58.3 Å². The van der Waals surface area contributed by atoms with Crippen LogP contribution in [0.2, 0.25) is 0 Å². The van der Waals surface area contributed by atoms with Gasteiger partial charge in [-0.1, -0.05) is 36.4 Å². The quantitative estimate of drug-likeness (QED) is 0.824. The number of rotatable bonds is 7. The molecule has 2 aromatic rings. The van der Waals surface area contributed by atoms with Gasteiger partial charge in [-0.2, -0.15) is 0 Å². The monoisotopic (exact) mass is 321 g/mol. The van der Waals surface area contributed by atoms with Crippen LogP contribution >= 0.6 is 23.1 Å². The maximum atomic E-state index is 12.1. The van der Waals surface area contributed by atoms with E-state index in [1.54, 1.807) is 23.1 Å². The molecule has 0 saturated carbocycles. The Balaban J connectivity index is 1.87. The van der Waals surface area contributed by atoms with E-state index in [9.17, 15) is 9.90 Å². The van der Waals surface area contributed by atoms with Gasteiger partial charge in [0.15, 0.2) is 0 Å². The van der Waals surface area contributed by atoms with Crippen LogP contribution in [0.15, 0.2) is 47.8 Å². The Labute approximate surface area is 133 Å². The fraction of sp³-hybridized carbons (Fsp3) is 0.312. The first-order valence-corrected chi connectivity index (χ1v) is 8.75. The zero-order chi connectivity index (χ0) is 15.1. The highest BCUT2D eigenvalue weighted by atomic mass is 32.2. The van der Waals surface area contributed by atoms with Gasteiger partial charge in [-0.15, -0.1) is 23.1 Å². The minimum atomic E-state index is -0.734. The molecule has 21 heavy (non-hydrogen) atoms. The number of carbonyl (C=O) groups excluding carboxylic acids is 1. The molecule has 1 amide bonds. The van der Waals surface area contributed by atoms with Gasteiger partial charge in [0.25, 0.3) is 0 Å². The zero-order valence-electron chi connectivity index (χ0n) is 11.9. The van der Waals surface area contributed by atoms with Crippen LogP contribution in [0.5, 0.6) is 0 Å². The number of benzene rings is 1. The molecule has 112 valence electrons. The van der Waals surface area contributed by atoms with Gasteiger partial charge in [-0.05, 0) is 23.9 Å². The number of aliphatic hydroxyl groups is 1. The van der Waals surface area contributed by atoms with Gasteiger partial charge in [-0.3, -0.25) is 4.79 Å². The summed E-state index contributed by atoms with van der Waals surface area (Å²) in [5.74, 6) is 1.17. The second kappa shape index (κ2) is 7.64. The summed E-state index contributed by atoms with van der Waals surface area (Å²) in [4.78, 5) is 13.3. The normalized spacial score (nSPS) is 13.6. The molecule has 5 heteroatoms. The molecule has 1 aromatic carbocycles. The van der Waals surface area contributed by atoms with Crippen molar-refractivity contribution < 1.29 is 9.90 Å². The number of nitrogens with one attached hydrogen (secondary N) is 1. The van der Waals surface area contributed by atoms with E-state index >= 15 is 0 Å². The fourth-order valence-corrected chi connectivity index (χ4v) is 3.66. The third-order valence-electron chi connectivity index (χ3n) is 3.20. The molecule has 0 aliphatic rings. The molecule has 2 rings (SSSR count). The van der Waals surface area contributed by atoms with Crippen LogP contribution in [0, 0.1) is 0 Å². The number of hydrogen-bond acceptors (Lipinski definition) is 4. The minimum absolute atomic E-state index is 0.0584. The number of thioether (sulfide) groups is 1. The first-order chi connectivity index (χ1) is 10.1. The predicted molar refractivity (Wildman–Crippen MR) is 89.5 cm³/mol. The van der Waals surface area contributed by atoms with Crippen molar-refractivity contribution in [2.75, 3.05) is 12.4 Å². The Kier molecular flexibility index (Phi) is 5.85. The van der Waals surface area contributed by atoms with Crippen molar-refractivity contribution in [1.82, 2.24) is 5.32 Å². The third kappa shape index (κ3) is 4.59. The van der Waals surface area contributed by atoms with Crippen LogP contribution in [0.1, 0.15) is 17.4 Å². The first-order valence-electron chi connectivity index (χ1n) is 6.71. The second-order valence-electron chi connectivity index (χ2n) is 4.98. The van der Waals surface area contributed by atoms with Gasteiger partial charge in [0.05, 0.1) is 17.9 Å². The summed E-state index contributed by atoms with van der Waals surface area (Å²) in [6.45, 7) is 1.71. The van der Waals surface area contributed by atoms with Crippen molar-refractivity contribution in [2.24, 2.45) is 0 Å². The molecule has 0 saturated heterocycles. The molecule has 0 fully saturated rings. The van der Waals surface area contributed by atoms with Crippen LogP contribution in [0.4, 0.5) is 0 Å². The van der Waals surface area contributed by atoms with Gasteiger partial charge in [0, 0.05) is 10.6 Å². The van der Waals surface area contributed by atoms with Crippen LogP contribution in [0.3, 0.4) is 0 Å². The molecule has 3 nitrogen and oxygen atoms in total. The highest BCUT2D eigenvalue weighted by Gasteiger charge is 2.27. The summed E-state index contributed by atoms with van der Waals surface area (Å²) in [7, 11) is 0. The summed E-state index contributed by atoms with van der Waals surface area (Å²) in [6, 6.07) is 13.6. The van der Waals surface area contributed by atoms with E-state index in [4.69, 9.17) is 0 Å². The van der Waals surface area contributed by atoms with Gasteiger partial charge in [0.1, 0.15) is 0 Å². The van der Waals surface area contributed by atoms with Crippen LogP contribution in [0.25, 0.3) is 0 Å². The molecule has 0 radical (unpaired) electrons. The molecule has 1 aromatic heterocycles. The van der Waals surface area contributed by atoms with Crippen molar-refractivity contribution in [3.63, 3.8) is 0 Å². The SMILES string of the molecule is CC(CO)(NC(=O)CSCc1cccs1)c1ccccc1. The van der Waals surface area contributed by atoms with Crippen LogP contribution in [-0.4, -0.2) is 23.4 Å². The number of aliphatic hydroxyl groups excluding tert-OH is 1. The van der Waals surface area contributed by atoms with Crippen LogP contribution < -0.4 is 5.32 Å². The van der Waals surface area contributed by atoms with Crippen LogP contribution in [-0.2, 0) is 16.1 Å². The minimum Gasteiger partial charge on any atom is -0.394 e. The predicted octanol–water partition coefficient (Wildman–Crippen LogP) is 3.01. The lowest BCUT2D eigenvalue weighted by Crippen LogP contribution is -2.47. The van der Waals surface area contributed by atoms with E-state index in [-0.39, 0.29) is 12.5 Å². The van der Waals surface area contributed by atoms with Gasteiger partial charge in [0.2, 0.25) is 5.91 Å². The maximum absolute atomic E-state index is 12.1. The number of hydrogen-bond donors (Lipinski definition) is 2. The molecular weight excluding hydrogens is 302 g/mol. The van der Waals surface area contributed by atoms with E-state index in [1.165, 1.54) is 4.88 Å². The lowest BCUT2D eigenvalue weighted by Gasteiger charge is -2.29. The van der Waals surface area contributed by atoms with Crippen molar-refractivity contribution in [1.29, 1.82) is 0 Å². The molecule has 1 atom stereocenters. The number of amides is 1. The standard InChI is InChI=1S/C16H19NO2S2/c1-16(12-18,13-6-3-2-4-7-13)17-15(19)11-20-10-14-8-5-9-21-14/h2-9,18H,10-12H2,1H3,(H,17,19). The van der Waals surface area contributed by atoms with Crippen molar-refractivity contribution in [3.8, 4) is 0 Å². The summed E-state index contributed by atoms with van der Waals surface area (Å²) < 4.78 is 0. The van der Waals surface area contributed by atoms with E-state index in [2.05, 4.69) is 11.4 Å². The average Bonchev–Trinajstić information content (AvgIpc) is 3.01. The molecule has 1 unspecified atom stereocenters. The molecule has 0 spiro atoms. The first kappa shape index (κ1) is 16.1. The highest BCUT2D eigenvalue weighted by molar-refractivity contribution is 7.99. The maximum Gasteiger partial charge on any atom is 0.230 e. The third-order valence-corrected chi connectivity index (χ3v) is 5.24. The lowest BCUT2D eigenvalue weighted by molar-refractivity contribution is -0.121. The summed E-state index contributed by atoms with van der Waals surface area (Å²) >= 11 is 3.28. The Morgan fingerprint density at radius 3 is 2.67 bits per heavy atom. The highest BCUT2D eigenvalue weighted by Crippen LogP contribution is 2.21. The Morgan fingerprint density at radius 2 is 2.05 bits per heavy atom. The summed E-state index contributed by atoms with van der Waals surface area (Å²) in [6.07, 6.45) is 0. The Morgan fingerprint density at radius 1 is 1.29 bits per heavy atom. The molecule has 0 bridgehead atoms. The fourth-order valence-electron chi connectivity index (χ4n) is 1.99. The summed E-state index contributed by atoms with van der Waals surface area (Å²) in [5, 5.41) is 14.6. The van der Waals surface area contributed by atoms with E-state index in [0.717, 1.165) is 11.3 Å². The van der Waals surface area contributed by atoms with Gasteiger partial charge < -0.3 is 10.4 Å². The number of thiophene rings is 1. The second-order valence-corrected chi connectivity index (χ2v) is 6.99. The molecule has 0 aliphatic carbocycles. The van der Waals surface area contributed by atoms with E-state index in [0.29, 0.717) is 5.75 Å². The number of carbonyl (C=O) groups is 1. The smallest absolute Gasteiger partial charge is 0.230 e. The van der Waals surface area contributed by atoms with Gasteiger partial charge >= 0.3 is 0 Å². The summed E-state index contributed by atoms with van der Waals surface area (Å²) in [5.41, 5.74) is 0.172. The molecular formula is C16H19NO2S2. The van der Waals surface area contributed by atoms with E-state index < -0.39 is 5.54 Å². The molecule has 1 heterocycles. The molecule has 2 N–H and O–H groups in total. The van der Waals surface area contributed by atoms with E-state index in [1.807, 2.05) is 48.7 Å². The Bertz CT molecular complexity index is 557. The molecule has 0 aliphatic heterocycles. The topological polar surface area (TPSA) is 49.3 Å². The van der Waals surface area contributed by atoms with Crippen molar-refractivity contribution >= 4 is 29.0 Å². The average molecular weight is 321 g/mol. The zero-order valence-corrected chi connectivity index (χ0v) is 13.5. The van der Waals surface area contributed by atoms with Crippen molar-refractivity contribution in [2.45, 2.75) is 18.2 Å².